The topological polar surface area (TPSA) is 63.2 Å². The predicted molar refractivity (Wildman–Crippen MR) is 115 cm³/mol. The number of anilines is 1. The summed E-state index contributed by atoms with van der Waals surface area (Å²) in [6.07, 6.45) is -1.22. The Morgan fingerprint density at radius 1 is 1.06 bits per heavy atom. The van der Waals surface area contributed by atoms with Gasteiger partial charge in [-0.2, -0.15) is 13.2 Å². The molecule has 0 bridgehead atoms. The van der Waals surface area contributed by atoms with Gasteiger partial charge in [0.1, 0.15) is 5.75 Å². The molecule has 2 N–H and O–H groups in total. The number of hydrogen-bond donors (Lipinski definition) is 2. The molecule has 0 spiro atoms. The number of thiazole rings is 1. The number of ether oxygens (including phenoxy) is 1. The number of rotatable bonds is 5. The molecule has 1 aliphatic rings. The molecule has 0 aliphatic heterocycles. The van der Waals surface area contributed by atoms with Crippen LogP contribution in [0.15, 0.2) is 42.5 Å². The van der Waals surface area contributed by atoms with Gasteiger partial charge in [-0.05, 0) is 62.1 Å². The molecule has 1 amide bonds. The Labute approximate surface area is 181 Å². The van der Waals surface area contributed by atoms with Crippen LogP contribution in [0, 0.1) is 0 Å². The van der Waals surface area contributed by atoms with E-state index in [0.29, 0.717) is 38.6 Å². The molecule has 31 heavy (non-hydrogen) atoms. The van der Waals surface area contributed by atoms with Gasteiger partial charge >= 0.3 is 6.18 Å². The summed E-state index contributed by atoms with van der Waals surface area (Å²) >= 11 is 0.664. The van der Waals surface area contributed by atoms with E-state index in [0.717, 1.165) is 25.7 Å². The summed E-state index contributed by atoms with van der Waals surface area (Å²) in [4.78, 5) is 16.2. The first-order valence-corrected chi connectivity index (χ1v) is 10.8. The number of hydrogen-bond acceptors (Lipinski definition) is 5. The molecule has 0 unspecified atom stereocenters. The van der Waals surface area contributed by atoms with Gasteiger partial charge in [0.2, 0.25) is 0 Å². The highest BCUT2D eigenvalue weighted by molar-refractivity contribution is 7.19. The maximum Gasteiger partial charge on any atom is 0.443 e. The minimum Gasteiger partial charge on any atom is -0.497 e. The molecule has 2 aromatic carbocycles. The second kappa shape index (κ2) is 8.74. The summed E-state index contributed by atoms with van der Waals surface area (Å²) in [6, 6.07) is 12.3. The fourth-order valence-corrected chi connectivity index (χ4v) is 4.71. The van der Waals surface area contributed by atoms with Gasteiger partial charge in [0.15, 0.2) is 5.01 Å². The second-order valence-electron chi connectivity index (χ2n) is 7.57. The van der Waals surface area contributed by atoms with Crippen LogP contribution in [0.3, 0.4) is 0 Å². The molecule has 1 fully saturated rings. The van der Waals surface area contributed by atoms with Gasteiger partial charge in [0, 0.05) is 17.6 Å². The Hall–Kier alpha value is -2.81. The number of amides is 1. The number of carbonyl (C=O) groups is 1. The van der Waals surface area contributed by atoms with Gasteiger partial charge in [-0.15, -0.1) is 11.3 Å². The van der Waals surface area contributed by atoms with Crippen molar-refractivity contribution in [3.63, 3.8) is 0 Å². The Morgan fingerprint density at radius 3 is 2.39 bits per heavy atom. The largest absolute Gasteiger partial charge is 0.497 e. The van der Waals surface area contributed by atoms with Gasteiger partial charge in [-0.1, -0.05) is 6.07 Å². The van der Waals surface area contributed by atoms with Crippen molar-refractivity contribution >= 4 is 33.1 Å². The molecule has 164 valence electrons. The number of benzene rings is 2. The van der Waals surface area contributed by atoms with Crippen molar-refractivity contribution in [1.29, 1.82) is 0 Å². The number of methoxy groups -OCH3 is 1. The Kier molecular flexibility index (Phi) is 6.04. The van der Waals surface area contributed by atoms with E-state index in [1.165, 1.54) is 0 Å². The average Bonchev–Trinajstić information content (AvgIpc) is 3.21. The van der Waals surface area contributed by atoms with Crippen LogP contribution >= 0.6 is 11.3 Å². The van der Waals surface area contributed by atoms with E-state index in [2.05, 4.69) is 15.6 Å². The van der Waals surface area contributed by atoms with Crippen LogP contribution in [0.2, 0.25) is 0 Å². The van der Waals surface area contributed by atoms with Crippen LogP contribution in [0.4, 0.5) is 18.9 Å². The lowest BCUT2D eigenvalue weighted by molar-refractivity contribution is -0.137. The summed E-state index contributed by atoms with van der Waals surface area (Å²) in [5.74, 6) is 0.578. The monoisotopic (exact) mass is 449 g/mol. The van der Waals surface area contributed by atoms with Crippen molar-refractivity contribution in [2.75, 3.05) is 12.4 Å². The van der Waals surface area contributed by atoms with Gasteiger partial charge in [0.05, 0.1) is 23.0 Å². The Morgan fingerprint density at radius 2 is 1.74 bits per heavy atom. The number of nitrogens with one attached hydrogen (secondary N) is 2. The number of aromatic nitrogens is 1. The van der Waals surface area contributed by atoms with Crippen molar-refractivity contribution in [1.82, 2.24) is 10.3 Å². The molecule has 0 radical (unpaired) electrons. The van der Waals surface area contributed by atoms with E-state index in [-0.39, 0.29) is 18.0 Å². The lowest BCUT2D eigenvalue weighted by Gasteiger charge is -2.30. The van der Waals surface area contributed by atoms with Gasteiger partial charge in [0.25, 0.3) is 5.91 Å². The average molecular weight is 449 g/mol. The third kappa shape index (κ3) is 4.92. The maximum absolute atomic E-state index is 13.0. The van der Waals surface area contributed by atoms with Gasteiger partial charge < -0.3 is 15.4 Å². The first-order chi connectivity index (χ1) is 14.8. The minimum absolute atomic E-state index is 0.0729. The minimum atomic E-state index is -4.44. The smallest absolute Gasteiger partial charge is 0.443 e. The predicted octanol–water partition coefficient (Wildman–Crippen LogP) is 5.48. The number of carbonyl (C=O) groups excluding carboxylic acids is 1. The zero-order valence-electron chi connectivity index (χ0n) is 16.8. The summed E-state index contributed by atoms with van der Waals surface area (Å²) in [6.45, 7) is 0. The molecular formula is C22H22F3N3O2S. The summed E-state index contributed by atoms with van der Waals surface area (Å²) in [5, 5.41) is 5.62. The molecule has 1 saturated carbocycles. The van der Waals surface area contributed by atoms with Crippen molar-refractivity contribution < 1.29 is 22.7 Å². The second-order valence-corrected chi connectivity index (χ2v) is 8.56. The van der Waals surface area contributed by atoms with E-state index in [1.54, 1.807) is 49.6 Å². The highest BCUT2D eigenvalue weighted by Gasteiger charge is 2.35. The first kappa shape index (κ1) is 21.4. The number of halogens is 3. The molecular weight excluding hydrogens is 427 g/mol. The fraction of sp³-hybridized carbons (Fsp3) is 0.364. The van der Waals surface area contributed by atoms with Gasteiger partial charge in [-0.25, -0.2) is 4.98 Å². The van der Waals surface area contributed by atoms with E-state index in [9.17, 15) is 18.0 Å². The van der Waals surface area contributed by atoms with Crippen LogP contribution in [-0.4, -0.2) is 30.1 Å². The molecule has 5 nitrogen and oxygen atoms in total. The normalized spacial score (nSPS) is 19.2. The molecule has 0 saturated heterocycles. The van der Waals surface area contributed by atoms with Crippen molar-refractivity contribution in [2.24, 2.45) is 0 Å². The Bertz CT molecular complexity index is 1060. The third-order valence-corrected chi connectivity index (χ3v) is 6.58. The zero-order valence-corrected chi connectivity index (χ0v) is 17.6. The van der Waals surface area contributed by atoms with E-state index < -0.39 is 11.2 Å². The van der Waals surface area contributed by atoms with Crippen LogP contribution in [-0.2, 0) is 6.18 Å². The summed E-state index contributed by atoms with van der Waals surface area (Å²) < 4.78 is 44.7. The first-order valence-electron chi connectivity index (χ1n) is 10.0. The Balaban J connectivity index is 1.35. The number of fused-ring (bicyclic) bond motifs is 1. The quantitative estimate of drug-likeness (QED) is 0.542. The fourth-order valence-electron chi connectivity index (χ4n) is 3.80. The number of alkyl halides is 3. The van der Waals surface area contributed by atoms with Crippen LogP contribution in [0.1, 0.15) is 41.0 Å². The molecule has 1 aromatic heterocycles. The molecule has 9 heteroatoms. The SMILES string of the molecule is COc1ccc(C(=O)NC2CCC(Nc3cccc4nc(C(F)(F)F)sc34)CC2)cc1. The lowest BCUT2D eigenvalue weighted by Crippen LogP contribution is -2.40. The van der Waals surface area contributed by atoms with Gasteiger partial charge in [-0.3, -0.25) is 4.79 Å². The molecule has 4 rings (SSSR count). The molecule has 0 atom stereocenters. The highest BCUT2D eigenvalue weighted by atomic mass is 32.1. The maximum atomic E-state index is 13.0. The van der Waals surface area contributed by atoms with Crippen molar-refractivity contribution in [2.45, 2.75) is 43.9 Å². The van der Waals surface area contributed by atoms with Crippen LogP contribution in [0.25, 0.3) is 10.2 Å². The standard InChI is InChI=1S/C22H22F3N3O2S/c1-30-16-11-5-13(6-12-16)20(29)27-15-9-7-14(8-10-15)26-17-3-2-4-18-19(17)31-21(28-18)22(23,24)25/h2-6,11-12,14-15,26H,7-10H2,1H3,(H,27,29). The summed E-state index contributed by atoms with van der Waals surface area (Å²) in [7, 11) is 1.58. The molecule has 1 aliphatic carbocycles. The van der Waals surface area contributed by atoms with Crippen LogP contribution < -0.4 is 15.4 Å². The van der Waals surface area contributed by atoms with E-state index in [1.807, 2.05) is 0 Å². The zero-order chi connectivity index (χ0) is 22.0. The van der Waals surface area contributed by atoms with Crippen molar-refractivity contribution in [3.8, 4) is 5.75 Å². The highest BCUT2D eigenvalue weighted by Crippen LogP contribution is 2.38. The van der Waals surface area contributed by atoms with E-state index >= 15 is 0 Å². The summed E-state index contributed by atoms with van der Waals surface area (Å²) in [5.41, 5.74) is 1.61. The van der Waals surface area contributed by atoms with E-state index in [4.69, 9.17) is 4.74 Å². The molecule has 3 aromatic rings. The molecule has 1 heterocycles. The van der Waals surface area contributed by atoms with Crippen LogP contribution in [0.5, 0.6) is 5.75 Å². The third-order valence-electron chi connectivity index (χ3n) is 5.43. The number of nitrogens with zero attached hydrogens (tertiary/aromatic N) is 1. The van der Waals surface area contributed by atoms with Crippen molar-refractivity contribution in [3.05, 3.63) is 53.0 Å². The lowest BCUT2D eigenvalue weighted by atomic mass is 9.90.